The van der Waals surface area contributed by atoms with E-state index >= 15 is 0 Å². The summed E-state index contributed by atoms with van der Waals surface area (Å²) in [4.78, 5) is 37.6. The average molecular weight is 266 g/mol. The molecule has 2 rings (SSSR count). The van der Waals surface area contributed by atoms with Gasteiger partial charge < -0.3 is 19.3 Å². The molecule has 2 saturated heterocycles. The van der Waals surface area contributed by atoms with Gasteiger partial charge in [0.1, 0.15) is 12.9 Å². The standard InChI is InChI=1S/C13H18N2O4/c1-2-7-19-13(18)14-5-4-11(8-14)15-6-3-10(9-16)12(15)17/h2,9-11H,1,3-8H2. The molecule has 0 aromatic rings. The maximum absolute atomic E-state index is 11.9. The molecule has 6 nitrogen and oxygen atoms in total. The van der Waals surface area contributed by atoms with Gasteiger partial charge in [0.2, 0.25) is 5.91 Å². The summed E-state index contributed by atoms with van der Waals surface area (Å²) in [6.07, 6.45) is 3.18. The van der Waals surface area contributed by atoms with Crippen LogP contribution in [-0.2, 0) is 14.3 Å². The number of ether oxygens (including phenoxy) is 1. The normalized spacial score (nSPS) is 26.6. The fraction of sp³-hybridized carbons (Fsp3) is 0.615. The van der Waals surface area contributed by atoms with Crippen LogP contribution in [0.1, 0.15) is 12.8 Å². The minimum absolute atomic E-state index is 0.00808. The van der Waals surface area contributed by atoms with E-state index in [1.807, 2.05) is 0 Å². The Morgan fingerprint density at radius 3 is 2.84 bits per heavy atom. The van der Waals surface area contributed by atoms with Gasteiger partial charge in [0.05, 0.1) is 12.0 Å². The van der Waals surface area contributed by atoms with E-state index in [4.69, 9.17) is 4.74 Å². The van der Waals surface area contributed by atoms with E-state index in [0.717, 1.165) is 6.42 Å². The summed E-state index contributed by atoms with van der Waals surface area (Å²) in [5, 5.41) is 0. The molecule has 0 aromatic heterocycles. The van der Waals surface area contributed by atoms with E-state index in [2.05, 4.69) is 6.58 Å². The first-order chi connectivity index (χ1) is 9.17. The number of hydrogen-bond donors (Lipinski definition) is 0. The summed E-state index contributed by atoms with van der Waals surface area (Å²) in [6.45, 7) is 5.33. The molecule has 0 saturated carbocycles. The number of rotatable bonds is 4. The zero-order valence-electron chi connectivity index (χ0n) is 10.8. The second-order valence-electron chi connectivity index (χ2n) is 4.82. The predicted molar refractivity (Wildman–Crippen MR) is 67.4 cm³/mol. The van der Waals surface area contributed by atoms with Crippen molar-refractivity contribution in [3.05, 3.63) is 12.7 Å². The third-order valence-electron chi connectivity index (χ3n) is 3.63. The number of carbonyl (C=O) groups is 3. The van der Waals surface area contributed by atoms with Crippen LogP contribution >= 0.6 is 0 Å². The van der Waals surface area contributed by atoms with Gasteiger partial charge in [-0.05, 0) is 12.8 Å². The first-order valence-electron chi connectivity index (χ1n) is 6.45. The summed E-state index contributed by atoms with van der Waals surface area (Å²) < 4.78 is 4.96. The third-order valence-corrected chi connectivity index (χ3v) is 3.63. The molecular weight excluding hydrogens is 248 g/mol. The van der Waals surface area contributed by atoms with Gasteiger partial charge in [-0.2, -0.15) is 0 Å². The smallest absolute Gasteiger partial charge is 0.410 e. The average Bonchev–Trinajstić information content (AvgIpc) is 3.02. The molecule has 2 fully saturated rings. The highest BCUT2D eigenvalue weighted by Gasteiger charge is 2.39. The van der Waals surface area contributed by atoms with Gasteiger partial charge >= 0.3 is 6.09 Å². The molecule has 0 bridgehead atoms. The molecule has 2 heterocycles. The number of carbonyl (C=O) groups excluding carboxylic acids is 3. The highest BCUT2D eigenvalue weighted by Crippen LogP contribution is 2.24. The fourth-order valence-corrected chi connectivity index (χ4v) is 2.60. The third kappa shape index (κ3) is 2.77. The van der Waals surface area contributed by atoms with E-state index < -0.39 is 5.92 Å². The summed E-state index contributed by atoms with van der Waals surface area (Å²) >= 11 is 0. The van der Waals surface area contributed by atoms with Gasteiger partial charge in [0.15, 0.2) is 0 Å². The quantitative estimate of drug-likeness (QED) is 0.420. The summed E-state index contributed by atoms with van der Waals surface area (Å²) in [5.74, 6) is -0.608. The van der Waals surface area contributed by atoms with Crippen molar-refractivity contribution >= 4 is 18.3 Å². The van der Waals surface area contributed by atoms with Crippen molar-refractivity contribution < 1.29 is 19.1 Å². The number of aldehydes is 1. The molecule has 0 radical (unpaired) electrons. The Hall–Kier alpha value is -1.85. The Balaban J connectivity index is 1.88. The van der Waals surface area contributed by atoms with Crippen molar-refractivity contribution in [1.82, 2.24) is 9.80 Å². The summed E-state index contributed by atoms with van der Waals surface area (Å²) in [5.41, 5.74) is 0. The highest BCUT2D eigenvalue weighted by atomic mass is 16.6. The molecule has 2 aliphatic heterocycles. The lowest BCUT2D eigenvalue weighted by Crippen LogP contribution is -2.40. The predicted octanol–water partition coefficient (Wildman–Crippen LogP) is 0.431. The molecule has 2 unspecified atom stereocenters. The zero-order valence-corrected chi connectivity index (χ0v) is 10.8. The van der Waals surface area contributed by atoms with Crippen molar-refractivity contribution in [1.29, 1.82) is 0 Å². The molecule has 104 valence electrons. The Kier molecular flexibility index (Phi) is 4.19. The SMILES string of the molecule is C=CCOC(=O)N1CCC(N2CCC(C=O)C2=O)C1. The maximum atomic E-state index is 11.9. The largest absolute Gasteiger partial charge is 0.445 e. The lowest BCUT2D eigenvalue weighted by Gasteiger charge is -2.24. The maximum Gasteiger partial charge on any atom is 0.410 e. The Bertz CT molecular complexity index is 396. The molecule has 2 atom stereocenters. The summed E-state index contributed by atoms with van der Waals surface area (Å²) in [6, 6.07) is 0.00808. The number of amides is 2. The van der Waals surface area contributed by atoms with Crippen LogP contribution < -0.4 is 0 Å². The first kappa shape index (κ1) is 13.6. The van der Waals surface area contributed by atoms with E-state index in [0.29, 0.717) is 32.3 Å². The summed E-state index contributed by atoms with van der Waals surface area (Å²) in [7, 11) is 0. The zero-order chi connectivity index (χ0) is 13.8. The molecule has 2 aliphatic rings. The topological polar surface area (TPSA) is 66.9 Å². The molecule has 19 heavy (non-hydrogen) atoms. The van der Waals surface area contributed by atoms with Gasteiger partial charge in [-0.25, -0.2) is 4.79 Å². The molecule has 0 aromatic carbocycles. The van der Waals surface area contributed by atoms with Crippen LogP contribution in [-0.4, -0.2) is 60.4 Å². The minimum atomic E-state index is -0.498. The van der Waals surface area contributed by atoms with Gasteiger partial charge in [-0.1, -0.05) is 12.7 Å². The van der Waals surface area contributed by atoms with Crippen molar-refractivity contribution in [2.45, 2.75) is 18.9 Å². The van der Waals surface area contributed by atoms with Crippen LogP contribution in [0.3, 0.4) is 0 Å². The Morgan fingerprint density at radius 1 is 1.42 bits per heavy atom. The first-order valence-corrected chi connectivity index (χ1v) is 6.45. The lowest BCUT2D eigenvalue weighted by molar-refractivity contribution is -0.134. The van der Waals surface area contributed by atoms with Crippen LogP contribution in [0, 0.1) is 5.92 Å². The van der Waals surface area contributed by atoms with E-state index in [1.54, 1.807) is 9.80 Å². The van der Waals surface area contributed by atoms with E-state index in [1.165, 1.54) is 6.08 Å². The molecular formula is C13H18N2O4. The second-order valence-corrected chi connectivity index (χ2v) is 4.82. The minimum Gasteiger partial charge on any atom is -0.445 e. The van der Waals surface area contributed by atoms with Crippen molar-refractivity contribution in [3.63, 3.8) is 0 Å². The molecule has 0 aliphatic carbocycles. The molecule has 2 amide bonds. The lowest BCUT2D eigenvalue weighted by atomic mass is 10.1. The number of likely N-dealkylation sites (tertiary alicyclic amines) is 2. The molecule has 0 N–H and O–H groups in total. The van der Waals surface area contributed by atoms with Gasteiger partial charge in [0, 0.05) is 19.6 Å². The van der Waals surface area contributed by atoms with E-state index in [-0.39, 0.29) is 24.6 Å². The number of hydrogen-bond acceptors (Lipinski definition) is 4. The van der Waals surface area contributed by atoms with Crippen LogP contribution in [0.4, 0.5) is 4.79 Å². The Labute approximate surface area is 112 Å². The Morgan fingerprint density at radius 2 is 2.21 bits per heavy atom. The van der Waals surface area contributed by atoms with Crippen LogP contribution in [0.15, 0.2) is 12.7 Å². The fourth-order valence-electron chi connectivity index (χ4n) is 2.60. The van der Waals surface area contributed by atoms with Gasteiger partial charge in [-0.3, -0.25) is 4.79 Å². The van der Waals surface area contributed by atoms with Crippen molar-refractivity contribution in [2.24, 2.45) is 5.92 Å². The van der Waals surface area contributed by atoms with Gasteiger partial charge in [0.25, 0.3) is 0 Å². The van der Waals surface area contributed by atoms with Crippen LogP contribution in [0.5, 0.6) is 0 Å². The van der Waals surface area contributed by atoms with Crippen LogP contribution in [0.2, 0.25) is 0 Å². The second kappa shape index (κ2) is 5.86. The molecule has 0 spiro atoms. The van der Waals surface area contributed by atoms with Crippen molar-refractivity contribution in [2.75, 3.05) is 26.2 Å². The van der Waals surface area contributed by atoms with E-state index in [9.17, 15) is 14.4 Å². The number of nitrogens with zero attached hydrogens (tertiary/aromatic N) is 2. The molecule has 6 heteroatoms. The van der Waals surface area contributed by atoms with Crippen molar-refractivity contribution in [3.8, 4) is 0 Å². The van der Waals surface area contributed by atoms with Gasteiger partial charge in [-0.15, -0.1) is 0 Å². The highest BCUT2D eigenvalue weighted by molar-refractivity contribution is 5.93. The van der Waals surface area contributed by atoms with Crippen LogP contribution in [0.25, 0.3) is 0 Å². The monoisotopic (exact) mass is 266 g/mol.